The minimum Gasteiger partial charge on any atom is -0.333 e. The Bertz CT molecular complexity index is 939. The quantitative estimate of drug-likeness (QED) is 0.782. The molecule has 0 atom stereocenters. The first-order valence-corrected chi connectivity index (χ1v) is 8.04. The molecule has 0 fully saturated rings. The Morgan fingerprint density at radius 2 is 2.17 bits per heavy atom. The van der Waals surface area contributed by atoms with Crippen molar-refractivity contribution in [2.75, 3.05) is 7.05 Å². The maximum absolute atomic E-state index is 12.8. The van der Waals surface area contributed by atoms with E-state index in [2.05, 4.69) is 25.4 Å². The van der Waals surface area contributed by atoms with Crippen LogP contribution in [0.25, 0.3) is 5.78 Å². The van der Waals surface area contributed by atoms with E-state index >= 15 is 0 Å². The molecule has 0 unspecified atom stereocenters. The summed E-state index contributed by atoms with van der Waals surface area (Å²) in [6.07, 6.45) is 3.21. The van der Waals surface area contributed by atoms with E-state index in [1.54, 1.807) is 16.3 Å². The second-order valence-electron chi connectivity index (χ2n) is 6.34. The third kappa shape index (κ3) is 2.26. The lowest BCUT2D eigenvalue weighted by Crippen LogP contribution is -2.29. The first-order valence-electron chi connectivity index (χ1n) is 8.04. The van der Waals surface area contributed by atoms with Crippen LogP contribution >= 0.6 is 0 Å². The lowest BCUT2D eigenvalue weighted by molar-refractivity contribution is 0.0769. The highest BCUT2D eigenvalue weighted by atomic mass is 16.2. The summed E-state index contributed by atoms with van der Waals surface area (Å²) in [4.78, 5) is 18.8. The van der Waals surface area contributed by atoms with E-state index in [-0.39, 0.29) is 11.7 Å². The molecule has 0 saturated heterocycles. The van der Waals surface area contributed by atoms with Crippen LogP contribution in [0.15, 0.2) is 6.07 Å². The monoisotopic (exact) mass is 325 g/mol. The fraction of sp³-hybridized carbons (Fsp3) is 0.438. The Morgan fingerprint density at radius 3 is 3.00 bits per heavy atom. The molecule has 3 aromatic rings. The van der Waals surface area contributed by atoms with Crippen LogP contribution in [0.4, 0.5) is 0 Å². The van der Waals surface area contributed by atoms with Gasteiger partial charge < -0.3 is 4.90 Å². The first kappa shape index (κ1) is 14.8. The number of hydrogen-bond acceptors (Lipinski definition) is 5. The molecule has 124 valence electrons. The molecule has 1 amide bonds. The maximum atomic E-state index is 12.8. The molecule has 4 rings (SSSR count). The number of rotatable bonds is 3. The van der Waals surface area contributed by atoms with Gasteiger partial charge in [0.15, 0.2) is 0 Å². The van der Waals surface area contributed by atoms with Gasteiger partial charge in [-0.25, -0.2) is 4.98 Å². The number of hydrogen-bond donors (Lipinski definition) is 1. The lowest BCUT2D eigenvalue weighted by Gasteiger charge is -2.15. The van der Waals surface area contributed by atoms with Crippen LogP contribution in [-0.4, -0.2) is 47.6 Å². The van der Waals surface area contributed by atoms with Crippen molar-refractivity contribution in [2.24, 2.45) is 0 Å². The standard InChI is InChI=1S/C16H19N7O/c1-9-7-10(2)23-14(20-21-16(23)17-9)15(24)22(3)8-13-11-5-4-6-12(11)18-19-13/h7H,4-6,8H2,1-3H3,(H,18,19). The zero-order valence-corrected chi connectivity index (χ0v) is 14.0. The highest BCUT2D eigenvalue weighted by molar-refractivity contribution is 5.91. The summed E-state index contributed by atoms with van der Waals surface area (Å²) in [5.41, 5.74) is 5.15. The van der Waals surface area contributed by atoms with E-state index < -0.39 is 0 Å². The van der Waals surface area contributed by atoms with Crippen molar-refractivity contribution in [3.63, 3.8) is 0 Å². The normalized spacial score (nSPS) is 13.5. The van der Waals surface area contributed by atoms with Gasteiger partial charge in [-0.2, -0.15) is 5.10 Å². The zero-order chi connectivity index (χ0) is 16.8. The summed E-state index contributed by atoms with van der Waals surface area (Å²) in [5, 5.41) is 15.5. The van der Waals surface area contributed by atoms with Crippen molar-refractivity contribution in [3.05, 3.63) is 40.2 Å². The van der Waals surface area contributed by atoms with Gasteiger partial charge in [0.05, 0.1) is 12.2 Å². The Kier molecular flexibility index (Phi) is 3.33. The van der Waals surface area contributed by atoms with Crippen LogP contribution in [0.2, 0.25) is 0 Å². The molecule has 0 bridgehead atoms. The van der Waals surface area contributed by atoms with Crippen molar-refractivity contribution < 1.29 is 4.79 Å². The van der Waals surface area contributed by atoms with Gasteiger partial charge in [0.2, 0.25) is 5.82 Å². The van der Waals surface area contributed by atoms with Crippen molar-refractivity contribution in [1.82, 2.24) is 34.7 Å². The minimum absolute atomic E-state index is 0.189. The van der Waals surface area contributed by atoms with Crippen LogP contribution < -0.4 is 0 Å². The van der Waals surface area contributed by atoms with Gasteiger partial charge in [0.25, 0.3) is 11.7 Å². The molecule has 0 aromatic carbocycles. The Labute approximate surface area is 138 Å². The van der Waals surface area contributed by atoms with Crippen LogP contribution in [-0.2, 0) is 19.4 Å². The summed E-state index contributed by atoms with van der Waals surface area (Å²) in [5.74, 6) is 0.542. The highest BCUT2D eigenvalue weighted by Crippen LogP contribution is 2.23. The van der Waals surface area contributed by atoms with E-state index in [1.165, 1.54) is 11.3 Å². The van der Waals surface area contributed by atoms with Gasteiger partial charge >= 0.3 is 0 Å². The van der Waals surface area contributed by atoms with Crippen molar-refractivity contribution in [1.29, 1.82) is 0 Å². The average Bonchev–Trinajstić information content (AvgIpc) is 3.22. The molecule has 1 aliphatic carbocycles. The molecule has 0 radical (unpaired) electrons. The number of carbonyl (C=O) groups excluding carboxylic acids is 1. The average molecular weight is 325 g/mol. The van der Waals surface area contributed by atoms with Gasteiger partial charge in [0.1, 0.15) is 0 Å². The molecule has 24 heavy (non-hydrogen) atoms. The Balaban J connectivity index is 1.63. The number of carbonyl (C=O) groups is 1. The fourth-order valence-electron chi connectivity index (χ4n) is 3.35. The highest BCUT2D eigenvalue weighted by Gasteiger charge is 2.24. The first-order chi connectivity index (χ1) is 11.5. The van der Waals surface area contributed by atoms with Crippen LogP contribution in [0.1, 0.15) is 45.4 Å². The van der Waals surface area contributed by atoms with Gasteiger partial charge in [-0.15, -0.1) is 10.2 Å². The SMILES string of the molecule is Cc1cc(C)n2c(C(=O)N(C)Cc3n[nH]c4c3CCC4)nnc2n1. The number of nitrogens with one attached hydrogen (secondary N) is 1. The molecule has 0 aliphatic heterocycles. The van der Waals surface area contributed by atoms with Gasteiger partial charge in [0, 0.05) is 24.1 Å². The smallest absolute Gasteiger partial charge is 0.292 e. The Morgan fingerprint density at radius 1 is 1.33 bits per heavy atom. The second kappa shape index (κ2) is 5.40. The third-order valence-electron chi connectivity index (χ3n) is 4.51. The van der Waals surface area contributed by atoms with Crippen LogP contribution in [0.5, 0.6) is 0 Å². The number of H-pyrrole nitrogens is 1. The topological polar surface area (TPSA) is 92.1 Å². The zero-order valence-electron chi connectivity index (χ0n) is 14.0. The molecular formula is C16H19N7O. The van der Waals surface area contributed by atoms with Gasteiger partial charge in [-0.05, 0) is 44.7 Å². The number of amides is 1. The van der Waals surface area contributed by atoms with E-state index in [4.69, 9.17) is 0 Å². The van der Waals surface area contributed by atoms with Gasteiger partial charge in [-0.3, -0.25) is 14.3 Å². The molecule has 3 heterocycles. The van der Waals surface area contributed by atoms with Crippen molar-refractivity contribution in [3.8, 4) is 0 Å². The Hall–Kier alpha value is -2.77. The van der Waals surface area contributed by atoms with E-state index in [1.807, 2.05) is 19.9 Å². The predicted octanol–water partition coefficient (Wildman–Crippen LogP) is 1.23. The minimum atomic E-state index is -0.189. The summed E-state index contributed by atoms with van der Waals surface area (Å²) in [7, 11) is 1.76. The predicted molar refractivity (Wildman–Crippen MR) is 86.7 cm³/mol. The second-order valence-corrected chi connectivity index (χ2v) is 6.34. The van der Waals surface area contributed by atoms with Crippen molar-refractivity contribution >= 4 is 11.7 Å². The summed E-state index contributed by atoms with van der Waals surface area (Å²) < 4.78 is 1.70. The van der Waals surface area contributed by atoms with Crippen LogP contribution in [0, 0.1) is 13.8 Å². The molecule has 3 aromatic heterocycles. The number of nitrogens with zero attached hydrogens (tertiary/aromatic N) is 6. The summed E-state index contributed by atoms with van der Waals surface area (Å²) >= 11 is 0. The number of aromatic nitrogens is 6. The molecule has 1 N–H and O–H groups in total. The van der Waals surface area contributed by atoms with E-state index in [0.29, 0.717) is 12.3 Å². The molecular weight excluding hydrogens is 306 g/mol. The van der Waals surface area contributed by atoms with Gasteiger partial charge in [-0.1, -0.05) is 0 Å². The third-order valence-corrected chi connectivity index (χ3v) is 4.51. The number of fused-ring (bicyclic) bond motifs is 2. The fourth-order valence-corrected chi connectivity index (χ4v) is 3.35. The number of aromatic amines is 1. The lowest BCUT2D eigenvalue weighted by atomic mass is 10.2. The molecule has 8 heteroatoms. The maximum Gasteiger partial charge on any atom is 0.292 e. The molecule has 8 nitrogen and oxygen atoms in total. The van der Waals surface area contributed by atoms with E-state index in [0.717, 1.165) is 36.3 Å². The largest absolute Gasteiger partial charge is 0.333 e. The van der Waals surface area contributed by atoms with Crippen LogP contribution in [0.3, 0.4) is 0 Å². The van der Waals surface area contributed by atoms with E-state index in [9.17, 15) is 4.79 Å². The summed E-state index contributed by atoms with van der Waals surface area (Å²) in [6, 6.07) is 1.91. The molecule has 1 aliphatic rings. The molecule has 0 saturated carbocycles. The molecule has 0 spiro atoms. The number of aryl methyl sites for hydroxylation is 3. The van der Waals surface area contributed by atoms with Crippen molar-refractivity contribution in [2.45, 2.75) is 39.7 Å². The summed E-state index contributed by atoms with van der Waals surface area (Å²) in [6.45, 7) is 4.27.